The number of carbonyl (C=O) groups is 2. The molecule has 2 heterocycles. The minimum atomic E-state index is -0.105. The summed E-state index contributed by atoms with van der Waals surface area (Å²) in [6.45, 7) is 2.79. The Morgan fingerprint density at radius 1 is 1.48 bits per heavy atom. The number of aryl methyl sites for hydroxylation is 2. The molecule has 0 bridgehead atoms. The standard InChI is InChI=1S/C16H24N4O2S/c1-11-10-23-15(18-11)7-4-8-17-16(22)20-9-14(21)19-12-5-2-3-6-13(12)20/h10,12-13H,2-9H2,1H3,(H,17,22)(H,19,21)/t12-,13-/m0/s1. The zero-order chi connectivity index (χ0) is 16.2. The van der Waals surface area contributed by atoms with Gasteiger partial charge in [-0.2, -0.15) is 0 Å². The molecule has 1 aliphatic heterocycles. The van der Waals surface area contributed by atoms with Crippen molar-refractivity contribution in [3.8, 4) is 0 Å². The summed E-state index contributed by atoms with van der Waals surface area (Å²) in [7, 11) is 0. The number of urea groups is 1. The smallest absolute Gasteiger partial charge is 0.318 e. The first-order chi connectivity index (χ1) is 11.1. The Bertz CT molecular complexity index is 574. The van der Waals surface area contributed by atoms with Crippen LogP contribution in [-0.4, -0.2) is 47.0 Å². The Balaban J connectivity index is 1.47. The molecule has 1 aromatic rings. The Kier molecular flexibility index (Phi) is 5.15. The molecule has 23 heavy (non-hydrogen) atoms. The minimum Gasteiger partial charge on any atom is -0.350 e. The first-order valence-corrected chi connectivity index (χ1v) is 9.26. The summed E-state index contributed by atoms with van der Waals surface area (Å²) in [5.41, 5.74) is 1.05. The molecule has 1 aromatic heterocycles. The van der Waals surface area contributed by atoms with E-state index < -0.39 is 0 Å². The summed E-state index contributed by atoms with van der Waals surface area (Å²) in [6.07, 6.45) is 5.97. The van der Waals surface area contributed by atoms with Crippen LogP contribution < -0.4 is 10.6 Å². The maximum atomic E-state index is 12.4. The lowest BCUT2D eigenvalue weighted by Crippen LogP contribution is -2.64. The van der Waals surface area contributed by atoms with E-state index in [2.05, 4.69) is 15.6 Å². The Morgan fingerprint density at radius 2 is 2.30 bits per heavy atom. The molecule has 2 N–H and O–H groups in total. The largest absolute Gasteiger partial charge is 0.350 e. The number of rotatable bonds is 4. The highest BCUT2D eigenvalue weighted by molar-refractivity contribution is 7.09. The van der Waals surface area contributed by atoms with E-state index in [-0.39, 0.29) is 30.6 Å². The predicted molar refractivity (Wildman–Crippen MR) is 89.5 cm³/mol. The summed E-state index contributed by atoms with van der Waals surface area (Å²) < 4.78 is 0. The monoisotopic (exact) mass is 336 g/mol. The van der Waals surface area contributed by atoms with E-state index in [1.807, 2.05) is 12.3 Å². The van der Waals surface area contributed by atoms with Gasteiger partial charge in [0.1, 0.15) is 6.54 Å². The molecule has 7 heteroatoms. The van der Waals surface area contributed by atoms with Crippen LogP contribution in [0.1, 0.15) is 42.8 Å². The zero-order valence-corrected chi connectivity index (χ0v) is 14.3. The number of hydrogen-bond acceptors (Lipinski definition) is 4. The summed E-state index contributed by atoms with van der Waals surface area (Å²) in [4.78, 5) is 30.4. The highest BCUT2D eigenvalue weighted by Gasteiger charge is 2.38. The second kappa shape index (κ2) is 7.29. The van der Waals surface area contributed by atoms with Gasteiger partial charge in [0.15, 0.2) is 0 Å². The van der Waals surface area contributed by atoms with Crippen LogP contribution in [0.3, 0.4) is 0 Å². The van der Waals surface area contributed by atoms with Crippen LogP contribution in [0, 0.1) is 6.92 Å². The van der Waals surface area contributed by atoms with E-state index in [0.717, 1.165) is 49.2 Å². The van der Waals surface area contributed by atoms with Crippen molar-refractivity contribution >= 4 is 23.3 Å². The van der Waals surface area contributed by atoms with Crippen molar-refractivity contribution in [3.63, 3.8) is 0 Å². The van der Waals surface area contributed by atoms with Crippen molar-refractivity contribution in [1.82, 2.24) is 20.5 Å². The molecule has 0 radical (unpaired) electrons. The molecule has 2 fully saturated rings. The molecule has 1 saturated carbocycles. The predicted octanol–water partition coefficient (Wildman–Crippen LogP) is 1.84. The summed E-state index contributed by atoms with van der Waals surface area (Å²) in [6, 6.07) is 0.184. The maximum Gasteiger partial charge on any atom is 0.318 e. The number of hydrogen-bond donors (Lipinski definition) is 2. The van der Waals surface area contributed by atoms with Gasteiger partial charge in [0.2, 0.25) is 5.91 Å². The second-order valence-electron chi connectivity index (χ2n) is 6.37. The van der Waals surface area contributed by atoms with Crippen molar-refractivity contribution in [3.05, 3.63) is 16.1 Å². The Hall–Kier alpha value is -1.63. The molecule has 126 valence electrons. The van der Waals surface area contributed by atoms with E-state index in [4.69, 9.17) is 0 Å². The third-order valence-electron chi connectivity index (χ3n) is 4.56. The fraction of sp³-hybridized carbons (Fsp3) is 0.688. The summed E-state index contributed by atoms with van der Waals surface area (Å²) >= 11 is 1.66. The fourth-order valence-corrected chi connectivity index (χ4v) is 4.27. The first-order valence-electron chi connectivity index (χ1n) is 8.38. The second-order valence-corrected chi connectivity index (χ2v) is 7.31. The molecule has 0 spiro atoms. The average molecular weight is 336 g/mol. The number of aromatic nitrogens is 1. The van der Waals surface area contributed by atoms with Gasteiger partial charge >= 0.3 is 6.03 Å². The van der Waals surface area contributed by atoms with Gasteiger partial charge in [-0.05, 0) is 26.2 Å². The molecule has 2 atom stereocenters. The van der Waals surface area contributed by atoms with Crippen LogP contribution >= 0.6 is 11.3 Å². The van der Waals surface area contributed by atoms with Crippen molar-refractivity contribution in [2.75, 3.05) is 13.1 Å². The van der Waals surface area contributed by atoms with Gasteiger partial charge < -0.3 is 15.5 Å². The number of fused-ring (bicyclic) bond motifs is 1. The van der Waals surface area contributed by atoms with Gasteiger partial charge in [-0.1, -0.05) is 12.8 Å². The number of thiazole rings is 1. The highest BCUT2D eigenvalue weighted by Crippen LogP contribution is 2.25. The van der Waals surface area contributed by atoms with Crippen molar-refractivity contribution in [2.45, 2.75) is 57.5 Å². The molecule has 3 rings (SSSR count). The van der Waals surface area contributed by atoms with Crippen LogP contribution in [0.15, 0.2) is 5.38 Å². The first kappa shape index (κ1) is 16.2. The normalized spacial score (nSPS) is 24.0. The van der Waals surface area contributed by atoms with Gasteiger partial charge in [-0.15, -0.1) is 11.3 Å². The van der Waals surface area contributed by atoms with E-state index in [1.54, 1.807) is 16.2 Å². The van der Waals surface area contributed by atoms with E-state index in [0.29, 0.717) is 6.54 Å². The number of amides is 3. The fourth-order valence-electron chi connectivity index (χ4n) is 3.45. The van der Waals surface area contributed by atoms with Crippen LogP contribution in [0.5, 0.6) is 0 Å². The minimum absolute atomic E-state index is 0.0402. The van der Waals surface area contributed by atoms with Crippen LogP contribution in [-0.2, 0) is 11.2 Å². The van der Waals surface area contributed by atoms with Crippen LogP contribution in [0.2, 0.25) is 0 Å². The van der Waals surface area contributed by atoms with Crippen LogP contribution in [0.25, 0.3) is 0 Å². The summed E-state index contributed by atoms with van der Waals surface area (Å²) in [5.74, 6) is -0.0402. The summed E-state index contributed by atoms with van der Waals surface area (Å²) in [5, 5.41) is 9.15. The van der Waals surface area contributed by atoms with Crippen molar-refractivity contribution in [2.24, 2.45) is 0 Å². The molecule has 3 amide bonds. The van der Waals surface area contributed by atoms with Crippen molar-refractivity contribution < 1.29 is 9.59 Å². The molecule has 0 unspecified atom stereocenters. The molecule has 2 aliphatic rings. The van der Waals surface area contributed by atoms with Gasteiger partial charge in [0.25, 0.3) is 0 Å². The van der Waals surface area contributed by atoms with Gasteiger partial charge in [0.05, 0.1) is 11.0 Å². The van der Waals surface area contributed by atoms with Crippen LogP contribution in [0.4, 0.5) is 4.79 Å². The molecular weight excluding hydrogens is 312 g/mol. The Labute approximate surface area is 140 Å². The molecule has 0 aromatic carbocycles. The van der Waals surface area contributed by atoms with E-state index in [9.17, 15) is 9.59 Å². The topological polar surface area (TPSA) is 74.3 Å². The molecule has 1 aliphatic carbocycles. The maximum absolute atomic E-state index is 12.4. The lowest BCUT2D eigenvalue weighted by molar-refractivity contribution is -0.126. The van der Waals surface area contributed by atoms with Gasteiger partial charge in [-0.3, -0.25) is 4.79 Å². The SMILES string of the molecule is Cc1csc(CCCNC(=O)N2CC(=O)N[C@H]3CCCC[C@@H]32)n1. The van der Waals surface area contributed by atoms with Gasteiger partial charge in [-0.25, -0.2) is 9.78 Å². The molecule has 1 saturated heterocycles. The zero-order valence-electron chi connectivity index (χ0n) is 13.5. The molecule has 6 nitrogen and oxygen atoms in total. The van der Waals surface area contributed by atoms with E-state index >= 15 is 0 Å². The number of carbonyl (C=O) groups excluding carboxylic acids is 2. The van der Waals surface area contributed by atoms with E-state index in [1.165, 1.54) is 0 Å². The quantitative estimate of drug-likeness (QED) is 0.824. The molecular formula is C16H24N4O2S. The lowest BCUT2D eigenvalue weighted by Gasteiger charge is -2.43. The lowest BCUT2D eigenvalue weighted by atomic mass is 9.87. The Morgan fingerprint density at radius 3 is 3.09 bits per heavy atom. The van der Waals surface area contributed by atoms with Crippen molar-refractivity contribution in [1.29, 1.82) is 0 Å². The van der Waals surface area contributed by atoms with Gasteiger partial charge in [0, 0.05) is 30.1 Å². The number of piperazine rings is 1. The highest BCUT2D eigenvalue weighted by atomic mass is 32.1. The third-order valence-corrected chi connectivity index (χ3v) is 5.59. The number of nitrogens with one attached hydrogen (secondary N) is 2. The average Bonchev–Trinajstić information content (AvgIpc) is 2.96. The third kappa shape index (κ3) is 4.02. The number of nitrogens with zero attached hydrogens (tertiary/aromatic N) is 2.